The van der Waals surface area contributed by atoms with Gasteiger partial charge in [-0.25, -0.2) is 0 Å². The molecule has 0 aliphatic heterocycles. The first-order valence-corrected chi connectivity index (χ1v) is 10.4. The summed E-state index contributed by atoms with van der Waals surface area (Å²) in [4.78, 5) is 12.6. The Morgan fingerprint density at radius 2 is 1.90 bits per heavy atom. The minimum Gasteiger partial charge on any atom is -0.497 e. The number of methoxy groups -OCH3 is 1. The van der Waals surface area contributed by atoms with Crippen LogP contribution in [0.2, 0.25) is 5.02 Å². The first-order valence-electron chi connectivity index (χ1n) is 9.23. The Hall–Kier alpha value is -3.27. The SMILES string of the molecule is COc1ccc(/C=C(\C#N)C(=O)Nc2ccccc2Cl)c(OCc2ccc(Br)cc2)c1. The highest BCUT2D eigenvalue weighted by Crippen LogP contribution is 2.28. The van der Waals surface area contributed by atoms with Crippen molar-refractivity contribution >= 4 is 45.2 Å². The molecule has 3 aromatic rings. The number of rotatable bonds is 7. The van der Waals surface area contributed by atoms with Gasteiger partial charge in [0.25, 0.3) is 5.91 Å². The fourth-order valence-electron chi connectivity index (χ4n) is 2.68. The van der Waals surface area contributed by atoms with Crippen LogP contribution in [0.4, 0.5) is 5.69 Å². The number of hydrogen-bond acceptors (Lipinski definition) is 4. The van der Waals surface area contributed by atoms with Crippen molar-refractivity contribution in [2.45, 2.75) is 6.61 Å². The van der Waals surface area contributed by atoms with E-state index in [0.29, 0.717) is 34.4 Å². The highest BCUT2D eigenvalue weighted by Gasteiger charge is 2.13. The molecule has 0 fully saturated rings. The van der Waals surface area contributed by atoms with Gasteiger partial charge in [0.15, 0.2) is 0 Å². The van der Waals surface area contributed by atoms with Crippen molar-refractivity contribution < 1.29 is 14.3 Å². The summed E-state index contributed by atoms with van der Waals surface area (Å²) in [5.74, 6) is 0.521. The largest absolute Gasteiger partial charge is 0.497 e. The maximum atomic E-state index is 12.6. The third-order valence-corrected chi connectivity index (χ3v) is 5.17. The fourth-order valence-corrected chi connectivity index (χ4v) is 3.13. The first-order chi connectivity index (χ1) is 15.0. The quantitative estimate of drug-likeness (QED) is 0.310. The molecule has 0 saturated carbocycles. The summed E-state index contributed by atoms with van der Waals surface area (Å²) in [7, 11) is 1.56. The molecular formula is C24H18BrClN2O3. The van der Waals surface area contributed by atoms with E-state index in [4.69, 9.17) is 21.1 Å². The molecule has 3 aromatic carbocycles. The van der Waals surface area contributed by atoms with Crippen molar-refractivity contribution in [2.75, 3.05) is 12.4 Å². The second-order valence-electron chi connectivity index (χ2n) is 6.42. The maximum absolute atomic E-state index is 12.6. The molecular weight excluding hydrogens is 480 g/mol. The van der Waals surface area contributed by atoms with Crippen LogP contribution in [0.1, 0.15) is 11.1 Å². The van der Waals surface area contributed by atoms with Gasteiger partial charge in [-0.1, -0.05) is 51.8 Å². The third kappa shape index (κ3) is 6.11. The van der Waals surface area contributed by atoms with Crippen LogP contribution in [0.3, 0.4) is 0 Å². The molecule has 156 valence electrons. The topological polar surface area (TPSA) is 71.3 Å². The zero-order valence-corrected chi connectivity index (χ0v) is 18.9. The normalized spacial score (nSPS) is 10.8. The average Bonchev–Trinajstić information content (AvgIpc) is 2.79. The van der Waals surface area contributed by atoms with Crippen LogP contribution >= 0.6 is 27.5 Å². The lowest BCUT2D eigenvalue weighted by molar-refractivity contribution is -0.112. The maximum Gasteiger partial charge on any atom is 0.266 e. The van der Waals surface area contributed by atoms with E-state index in [9.17, 15) is 10.1 Å². The van der Waals surface area contributed by atoms with Gasteiger partial charge >= 0.3 is 0 Å². The highest BCUT2D eigenvalue weighted by molar-refractivity contribution is 9.10. The average molecular weight is 498 g/mol. The molecule has 0 aliphatic carbocycles. The number of amides is 1. The van der Waals surface area contributed by atoms with E-state index in [0.717, 1.165) is 10.0 Å². The van der Waals surface area contributed by atoms with Crippen LogP contribution in [0, 0.1) is 11.3 Å². The molecule has 0 bridgehead atoms. The lowest BCUT2D eigenvalue weighted by Crippen LogP contribution is -2.13. The van der Waals surface area contributed by atoms with E-state index >= 15 is 0 Å². The molecule has 0 spiro atoms. The van der Waals surface area contributed by atoms with E-state index in [1.54, 1.807) is 49.6 Å². The van der Waals surface area contributed by atoms with E-state index < -0.39 is 5.91 Å². The van der Waals surface area contributed by atoms with Crippen molar-refractivity contribution in [2.24, 2.45) is 0 Å². The summed E-state index contributed by atoms with van der Waals surface area (Å²) < 4.78 is 12.2. The number of nitrogens with zero attached hydrogens (tertiary/aromatic N) is 1. The Morgan fingerprint density at radius 1 is 1.16 bits per heavy atom. The molecule has 0 aromatic heterocycles. The van der Waals surface area contributed by atoms with Crippen molar-refractivity contribution in [1.82, 2.24) is 0 Å². The van der Waals surface area contributed by atoms with Crippen LogP contribution in [-0.4, -0.2) is 13.0 Å². The highest BCUT2D eigenvalue weighted by atomic mass is 79.9. The number of para-hydroxylation sites is 1. The van der Waals surface area contributed by atoms with Gasteiger partial charge in [0.1, 0.15) is 29.7 Å². The number of nitrogens with one attached hydrogen (secondary N) is 1. The number of nitriles is 1. The molecule has 5 nitrogen and oxygen atoms in total. The van der Waals surface area contributed by atoms with Crippen molar-refractivity contribution in [1.29, 1.82) is 5.26 Å². The van der Waals surface area contributed by atoms with Gasteiger partial charge < -0.3 is 14.8 Å². The van der Waals surface area contributed by atoms with Crippen molar-refractivity contribution in [3.05, 3.63) is 92.9 Å². The summed E-state index contributed by atoms with van der Waals surface area (Å²) in [5.41, 5.74) is 1.89. The Bertz CT molecular complexity index is 1150. The third-order valence-electron chi connectivity index (χ3n) is 4.32. The van der Waals surface area contributed by atoms with Gasteiger partial charge in [-0.15, -0.1) is 0 Å². The standard InChI is InChI=1S/C24H18BrClN2O3/c1-30-20-11-8-17(23(13-20)31-15-16-6-9-19(25)10-7-16)12-18(14-27)24(29)28-22-5-3-2-4-21(22)26/h2-13H,15H2,1H3,(H,28,29)/b18-12+. The molecule has 31 heavy (non-hydrogen) atoms. The number of ether oxygens (including phenoxy) is 2. The molecule has 0 aliphatic rings. The van der Waals surface area contributed by atoms with Crippen molar-refractivity contribution in [3.63, 3.8) is 0 Å². The van der Waals surface area contributed by atoms with E-state index in [1.807, 2.05) is 30.3 Å². The molecule has 1 N–H and O–H groups in total. The zero-order valence-electron chi connectivity index (χ0n) is 16.6. The van der Waals surface area contributed by atoms with Crippen LogP contribution in [0.5, 0.6) is 11.5 Å². The summed E-state index contributed by atoms with van der Waals surface area (Å²) in [6.07, 6.45) is 1.47. The molecule has 0 heterocycles. The lowest BCUT2D eigenvalue weighted by atomic mass is 10.1. The van der Waals surface area contributed by atoms with Crippen LogP contribution < -0.4 is 14.8 Å². The summed E-state index contributed by atoms with van der Waals surface area (Å²) in [6, 6.07) is 21.7. The van der Waals surface area contributed by atoms with E-state index in [2.05, 4.69) is 21.2 Å². The Labute approximate surface area is 194 Å². The minimum atomic E-state index is -0.565. The molecule has 7 heteroatoms. The Kier molecular flexibility index (Phi) is 7.71. The number of carbonyl (C=O) groups excluding carboxylic acids is 1. The van der Waals surface area contributed by atoms with Gasteiger partial charge in [-0.3, -0.25) is 4.79 Å². The Balaban J connectivity index is 1.86. The minimum absolute atomic E-state index is 0.0846. The molecule has 0 radical (unpaired) electrons. The van der Waals surface area contributed by atoms with Crippen LogP contribution in [-0.2, 0) is 11.4 Å². The van der Waals surface area contributed by atoms with Crippen LogP contribution in [0.25, 0.3) is 6.08 Å². The number of benzene rings is 3. The number of hydrogen-bond donors (Lipinski definition) is 1. The fraction of sp³-hybridized carbons (Fsp3) is 0.0833. The zero-order chi connectivity index (χ0) is 22.2. The summed E-state index contributed by atoms with van der Waals surface area (Å²) in [5, 5.41) is 12.6. The molecule has 0 unspecified atom stereocenters. The Morgan fingerprint density at radius 3 is 2.58 bits per heavy atom. The molecule has 3 rings (SSSR count). The van der Waals surface area contributed by atoms with Gasteiger partial charge in [-0.05, 0) is 48.0 Å². The van der Waals surface area contributed by atoms with E-state index in [1.165, 1.54) is 6.08 Å². The molecule has 0 atom stereocenters. The second kappa shape index (κ2) is 10.7. The predicted octanol–water partition coefficient (Wildman–Crippen LogP) is 6.24. The summed E-state index contributed by atoms with van der Waals surface area (Å²) in [6.45, 7) is 0.314. The van der Waals surface area contributed by atoms with Gasteiger partial charge in [0, 0.05) is 16.1 Å². The predicted molar refractivity (Wildman–Crippen MR) is 125 cm³/mol. The summed E-state index contributed by atoms with van der Waals surface area (Å²) >= 11 is 9.50. The van der Waals surface area contributed by atoms with Gasteiger partial charge in [0.2, 0.25) is 0 Å². The van der Waals surface area contributed by atoms with Crippen LogP contribution in [0.15, 0.2) is 76.8 Å². The first kappa shape index (κ1) is 22.4. The van der Waals surface area contributed by atoms with Crippen molar-refractivity contribution in [3.8, 4) is 17.6 Å². The van der Waals surface area contributed by atoms with Gasteiger partial charge in [0.05, 0.1) is 17.8 Å². The van der Waals surface area contributed by atoms with Gasteiger partial charge in [-0.2, -0.15) is 5.26 Å². The lowest BCUT2D eigenvalue weighted by Gasteiger charge is -2.12. The smallest absolute Gasteiger partial charge is 0.266 e. The monoisotopic (exact) mass is 496 g/mol. The number of halogens is 2. The number of anilines is 1. The van der Waals surface area contributed by atoms with E-state index in [-0.39, 0.29) is 5.57 Å². The second-order valence-corrected chi connectivity index (χ2v) is 7.75. The molecule has 1 amide bonds. The number of carbonyl (C=O) groups is 1. The molecule has 0 saturated heterocycles.